The summed E-state index contributed by atoms with van der Waals surface area (Å²) in [5.41, 5.74) is 1.75. The summed E-state index contributed by atoms with van der Waals surface area (Å²) < 4.78 is 40.5. The van der Waals surface area contributed by atoms with Gasteiger partial charge in [0.25, 0.3) is 15.9 Å². The Balaban J connectivity index is 1.82. The van der Waals surface area contributed by atoms with Crippen LogP contribution in [0.25, 0.3) is 0 Å². The van der Waals surface area contributed by atoms with Gasteiger partial charge in [-0.05, 0) is 73.2 Å². The van der Waals surface area contributed by atoms with Gasteiger partial charge in [0.05, 0.1) is 4.90 Å². The lowest BCUT2D eigenvalue weighted by molar-refractivity contribution is 0.102. The molecule has 0 fully saturated rings. The molecule has 0 aliphatic carbocycles. The molecule has 1 amide bonds. The van der Waals surface area contributed by atoms with E-state index in [0.717, 1.165) is 17.7 Å². The Hall–Kier alpha value is -2.90. The Labute approximate surface area is 167 Å². The second-order valence-electron chi connectivity index (χ2n) is 6.05. The van der Waals surface area contributed by atoms with Gasteiger partial charge in [-0.15, -0.1) is 0 Å². The molecule has 0 bridgehead atoms. The van der Waals surface area contributed by atoms with Crippen LogP contribution in [0.4, 0.5) is 15.8 Å². The van der Waals surface area contributed by atoms with E-state index in [1.54, 1.807) is 25.1 Å². The molecule has 0 aliphatic rings. The lowest BCUT2D eigenvalue weighted by atomic mass is 10.1. The topological polar surface area (TPSA) is 75.3 Å². The first kappa shape index (κ1) is 19.9. The molecule has 8 heteroatoms. The maximum atomic E-state index is 13.0. The molecule has 0 saturated heterocycles. The number of carbonyl (C=O) groups is 1. The number of rotatable bonds is 5. The highest BCUT2D eigenvalue weighted by atomic mass is 35.5. The van der Waals surface area contributed by atoms with E-state index in [1.165, 1.54) is 36.4 Å². The third kappa shape index (κ3) is 4.68. The molecular weight excluding hydrogens is 403 g/mol. The van der Waals surface area contributed by atoms with E-state index in [4.69, 9.17) is 11.6 Å². The molecule has 0 heterocycles. The van der Waals surface area contributed by atoms with Crippen molar-refractivity contribution < 1.29 is 17.6 Å². The van der Waals surface area contributed by atoms with Gasteiger partial charge in [0, 0.05) is 22.0 Å². The maximum absolute atomic E-state index is 13.0. The Morgan fingerprint density at radius 2 is 1.71 bits per heavy atom. The summed E-state index contributed by atoms with van der Waals surface area (Å²) in [7, 11) is -3.94. The Bertz CT molecular complexity index is 1130. The van der Waals surface area contributed by atoms with Crippen LogP contribution in [0.5, 0.6) is 0 Å². The van der Waals surface area contributed by atoms with Crippen LogP contribution in [0.3, 0.4) is 0 Å². The van der Waals surface area contributed by atoms with Crippen molar-refractivity contribution in [3.63, 3.8) is 0 Å². The number of hydrogen-bond acceptors (Lipinski definition) is 3. The van der Waals surface area contributed by atoms with Crippen LogP contribution >= 0.6 is 11.6 Å². The Morgan fingerprint density at radius 3 is 2.39 bits per heavy atom. The summed E-state index contributed by atoms with van der Waals surface area (Å²) in [6.45, 7) is 1.80. The molecule has 2 N–H and O–H groups in total. The first-order valence-corrected chi connectivity index (χ1v) is 10.1. The summed E-state index contributed by atoms with van der Waals surface area (Å²) in [4.78, 5) is 12.4. The van der Waals surface area contributed by atoms with E-state index in [1.807, 2.05) is 0 Å². The fourth-order valence-electron chi connectivity index (χ4n) is 2.50. The third-order valence-corrected chi connectivity index (χ3v) is 5.55. The molecule has 3 aromatic rings. The van der Waals surface area contributed by atoms with E-state index >= 15 is 0 Å². The van der Waals surface area contributed by atoms with Gasteiger partial charge in [0.1, 0.15) is 5.82 Å². The highest BCUT2D eigenvalue weighted by Crippen LogP contribution is 2.22. The average Bonchev–Trinajstić information content (AvgIpc) is 2.66. The number of hydrogen-bond donors (Lipinski definition) is 2. The van der Waals surface area contributed by atoms with Crippen LogP contribution in [0, 0.1) is 12.7 Å². The minimum Gasteiger partial charge on any atom is -0.322 e. The van der Waals surface area contributed by atoms with Crippen molar-refractivity contribution in [3.05, 3.63) is 88.7 Å². The lowest BCUT2D eigenvalue weighted by Crippen LogP contribution is -2.16. The van der Waals surface area contributed by atoms with Gasteiger partial charge in [-0.2, -0.15) is 0 Å². The second kappa shape index (κ2) is 8.00. The van der Waals surface area contributed by atoms with Crippen LogP contribution < -0.4 is 10.0 Å². The van der Waals surface area contributed by atoms with Crippen LogP contribution in [0.1, 0.15) is 15.9 Å². The molecule has 3 rings (SSSR count). The fourth-order valence-corrected chi connectivity index (χ4v) is 3.83. The van der Waals surface area contributed by atoms with Gasteiger partial charge in [-0.3, -0.25) is 9.52 Å². The number of aryl methyl sites for hydroxylation is 1. The standard InChI is InChI=1S/C20H16ClFN2O3S/c1-13-11-15(21)5-10-19(13)23-20(25)14-3-2-4-18(12-14)28(26,27)24-17-8-6-16(22)7-9-17/h2-12,24H,1H3,(H,23,25). The molecule has 0 spiro atoms. The van der Waals surface area contributed by atoms with E-state index in [2.05, 4.69) is 10.0 Å². The van der Waals surface area contributed by atoms with Gasteiger partial charge in [0.2, 0.25) is 0 Å². The molecular formula is C20H16ClFN2O3S. The first-order chi connectivity index (χ1) is 13.2. The number of carbonyl (C=O) groups excluding carboxylic acids is 1. The smallest absolute Gasteiger partial charge is 0.261 e. The number of amides is 1. The first-order valence-electron chi connectivity index (χ1n) is 8.20. The molecule has 0 atom stereocenters. The molecule has 0 unspecified atom stereocenters. The maximum Gasteiger partial charge on any atom is 0.261 e. The van der Waals surface area contributed by atoms with E-state index < -0.39 is 21.7 Å². The highest BCUT2D eigenvalue weighted by Gasteiger charge is 2.17. The van der Waals surface area contributed by atoms with Gasteiger partial charge in [-0.1, -0.05) is 17.7 Å². The Kier molecular flexibility index (Phi) is 5.67. The SMILES string of the molecule is Cc1cc(Cl)ccc1NC(=O)c1cccc(S(=O)(=O)Nc2ccc(F)cc2)c1. The van der Waals surface area contributed by atoms with Crippen LogP contribution in [0.15, 0.2) is 71.6 Å². The molecule has 3 aromatic carbocycles. The monoisotopic (exact) mass is 418 g/mol. The van der Waals surface area contributed by atoms with Crippen LogP contribution in [-0.2, 0) is 10.0 Å². The normalized spacial score (nSPS) is 11.1. The van der Waals surface area contributed by atoms with Gasteiger partial charge in [-0.25, -0.2) is 12.8 Å². The molecule has 0 saturated carbocycles. The molecule has 5 nitrogen and oxygen atoms in total. The minimum absolute atomic E-state index is 0.0858. The molecule has 144 valence electrons. The van der Waals surface area contributed by atoms with E-state index in [-0.39, 0.29) is 16.1 Å². The number of halogens is 2. The zero-order valence-electron chi connectivity index (χ0n) is 14.7. The van der Waals surface area contributed by atoms with Crippen molar-refractivity contribution in [3.8, 4) is 0 Å². The zero-order chi connectivity index (χ0) is 20.3. The average molecular weight is 419 g/mol. The molecule has 0 aliphatic heterocycles. The molecule has 28 heavy (non-hydrogen) atoms. The largest absolute Gasteiger partial charge is 0.322 e. The van der Waals surface area contributed by atoms with E-state index in [0.29, 0.717) is 10.7 Å². The summed E-state index contributed by atoms with van der Waals surface area (Å²) in [6.07, 6.45) is 0. The molecule has 0 aromatic heterocycles. The van der Waals surface area contributed by atoms with Gasteiger partial charge >= 0.3 is 0 Å². The van der Waals surface area contributed by atoms with Crippen molar-refractivity contribution in [2.45, 2.75) is 11.8 Å². The number of sulfonamides is 1. The van der Waals surface area contributed by atoms with Crippen molar-refractivity contribution in [2.75, 3.05) is 10.0 Å². The van der Waals surface area contributed by atoms with Crippen molar-refractivity contribution in [2.24, 2.45) is 0 Å². The summed E-state index contributed by atoms with van der Waals surface area (Å²) in [6, 6.07) is 15.6. The van der Waals surface area contributed by atoms with Crippen molar-refractivity contribution >= 4 is 38.9 Å². The number of benzene rings is 3. The minimum atomic E-state index is -3.94. The Morgan fingerprint density at radius 1 is 1.00 bits per heavy atom. The number of nitrogens with one attached hydrogen (secondary N) is 2. The lowest BCUT2D eigenvalue weighted by Gasteiger charge is -2.11. The van der Waals surface area contributed by atoms with E-state index in [9.17, 15) is 17.6 Å². The summed E-state index contributed by atoms with van der Waals surface area (Å²) >= 11 is 5.91. The van der Waals surface area contributed by atoms with Crippen molar-refractivity contribution in [1.82, 2.24) is 0 Å². The fraction of sp³-hybridized carbons (Fsp3) is 0.0500. The van der Waals surface area contributed by atoms with Gasteiger partial charge < -0.3 is 5.32 Å². The van der Waals surface area contributed by atoms with Crippen LogP contribution in [0.2, 0.25) is 5.02 Å². The zero-order valence-corrected chi connectivity index (χ0v) is 16.3. The third-order valence-electron chi connectivity index (χ3n) is 3.94. The number of anilines is 2. The summed E-state index contributed by atoms with van der Waals surface area (Å²) in [5, 5.41) is 3.29. The summed E-state index contributed by atoms with van der Waals surface area (Å²) in [5.74, 6) is -0.927. The predicted octanol–water partition coefficient (Wildman–Crippen LogP) is 4.84. The van der Waals surface area contributed by atoms with Gasteiger partial charge in [0.15, 0.2) is 0 Å². The molecule has 0 radical (unpaired) electrons. The second-order valence-corrected chi connectivity index (χ2v) is 8.17. The quantitative estimate of drug-likeness (QED) is 0.622. The highest BCUT2D eigenvalue weighted by molar-refractivity contribution is 7.92. The van der Waals surface area contributed by atoms with Crippen molar-refractivity contribution in [1.29, 1.82) is 0 Å². The van der Waals surface area contributed by atoms with Crippen LogP contribution in [-0.4, -0.2) is 14.3 Å². The predicted molar refractivity (Wildman–Crippen MR) is 108 cm³/mol.